The Morgan fingerprint density at radius 2 is 2.10 bits per heavy atom. The van der Waals surface area contributed by atoms with Crippen LogP contribution in [0.25, 0.3) is 0 Å². The van der Waals surface area contributed by atoms with Gasteiger partial charge < -0.3 is 9.84 Å². The zero-order valence-electron chi connectivity index (χ0n) is 11.0. The number of hydrogen-bond acceptors (Lipinski definition) is 2. The third kappa shape index (κ3) is 4.37. The fraction of sp³-hybridized carbons (Fsp3) is 0.188. The normalized spacial score (nSPS) is 13.6. The summed E-state index contributed by atoms with van der Waals surface area (Å²) in [6.07, 6.45) is 4.63. The van der Waals surface area contributed by atoms with Gasteiger partial charge in [-0.25, -0.2) is 9.18 Å². The molecule has 0 aliphatic heterocycles. The maximum Gasteiger partial charge on any atom is 0.341 e. The number of carbonyl (C=O) groups is 1. The van der Waals surface area contributed by atoms with Gasteiger partial charge in [-0.15, -0.1) is 0 Å². The fourth-order valence-electron chi connectivity index (χ4n) is 1.76. The van der Waals surface area contributed by atoms with Crippen LogP contribution in [0.4, 0.5) is 4.39 Å². The van der Waals surface area contributed by atoms with E-state index < -0.39 is 12.6 Å². The van der Waals surface area contributed by atoms with Crippen LogP contribution in [-0.4, -0.2) is 17.7 Å². The van der Waals surface area contributed by atoms with Crippen LogP contribution in [0.3, 0.4) is 0 Å². The monoisotopic (exact) mass is 306 g/mol. The number of carboxylic acids is 1. The van der Waals surface area contributed by atoms with E-state index in [1.165, 1.54) is 12.1 Å². The van der Waals surface area contributed by atoms with E-state index in [4.69, 9.17) is 21.4 Å². The minimum atomic E-state index is -1.09. The van der Waals surface area contributed by atoms with E-state index in [1.54, 1.807) is 18.2 Å². The Labute approximate surface area is 126 Å². The summed E-state index contributed by atoms with van der Waals surface area (Å²) < 4.78 is 18.7. The molecule has 0 heterocycles. The zero-order valence-corrected chi connectivity index (χ0v) is 11.8. The second kappa shape index (κ2) is 6.96. The van der Waals surface area contributed by atoms with E-state index in [-0.39, 0.29) is 5.83 Å². The molecule has 0 fully saturated rings. The molecule has 2 rings (SSSR count). The number of allylic oxidation sites excluding steroid dienone is 4. The average Bonchev–Trinajstić information content (AvgIpc) is 2.45. The summed E-state index contributed by atoms with van der Waals surface area (Å²) in [7, 11) is 0. The summed E-state index contributed by atoms with van der Waals surface area (Å²) in [5, 5.41) is 9.08. The molecule has 1 aromatic carbocycles. The van der Waals surface area contributed by atoms with Crippen molar-refractivity contribution in [3.63, 3.8) is 0 Å². The van der Waals surface area contributed by atoms with Gasteiger partial charge in [-0.1, -0.05) is 29.5 Å². The highest BCUT2D eigenvalue weighted by Gasteiger charge is 2.07. The molecule has 0 bridgehead atoms. The van der Waals surface area contributed by atoms with Crippen LogP contribution in [-0.2, 0) is 4.79 Å². The van der Waals surface area contributed by atoms with Crippen molar-refractivity contribution in [3.8, 4) is 17.6 Å². The van der Waals surface area contributed by atoms with Crippen LogP contribution in [0.15, 0.2) is 41.8 Å². The molecule has 0 radical (unpaired) electrons. The first-order chi connectivity index (χ1) is 10.1. The maximum atomic E-state index is 13.5. The lowest BCUT2D eigenvalue weighted by atomic mass is 10.1. The summed E-state index contributed by atoms with van der Waals surface area (Å²) in [4.78, 5) is 10.5. The van der Waals surface area contributed by atoms with Crippen molar-refractivity contribution in [3.05, 3.63) is 52.3 Å². The van der Waals surface area contributed by atoms with Crippen molar-refractivity contribution in [2.75, 3.05) is 6.61 Å². The van der Waals surface area contributed by atoms with Gasteiger partial charge >= 0.3 is 5.97 Å². The molecule has 0 saturated carbocycles. The lowest BCUT2D eigenvalue weighted by Gasteiger charge is -2.06. The Bertz CT molecular complexity index is 680. The SMILES string of the molecule is O=C(O)COc1ccc(Cl)cc1C#CC1=CCCC=C1F. The van der Waals surface area contributed by atoms with Crippen LogP contribution in [0.1, 0.15) is 18.4 Å². The molecule has 21 heavy (non-hydrogen) atoms. The molecule has 0 atom stereocenters. The molecule has 108 valence electrons. The topological polar surface area (TPSA) is 46.5 Å². The van der Waals surface area contributed by atoms with Crippen LogP contribution < -0.4 is 4.74 Å². The molecule has 1 aliphatic carbocycles. The Hall–Kier alpha value is -2.25. The standard InChI is InChI=1S/C16H12ClFO3/c17-13-7-8-15(21-10-16(19)20)12(9-13)6-5-11-3-1-2-4-14(11)18/h3-4,7-9H,1-2,10H2,(H,19,20). The van der Waals surface area contributed by atoms with Gasteiger partial charge in [0.1, 0.15) is 11.6 Å². The fourth-order valence-corrected chi connectivity index (χ4v) is 1.93. The molecular weight excluding hydrogens is 295 g/mol. The van der Waals surface area contributed by atoms with E-state index in [0.29, 0.717) is 28.3 Å². The third-order valence-corrected chi connectivity index (χ3v) is 2.96. The second-order valence-corrected chi connectivity index (χ2v) is 4.76. The Morgan fingerprint density at radius 3 is 2.81 bits per heavy atom. The zero-order chi connectivity index (χ0) is 15.2. The number of carboxylic acid groups (broad SMARTS) is 1. The molecular formula is C16H12ClFO3. The predicted octanol–water partition coefficient (Wildman–Crippen LogP) is 3.73. The number of ether oxygens (including phenoxy) is 1. The lowest BCUT2D eigenvalue weighted by Crippen LogP contribution is -2.10. The maximum absolute atomic E-state index is 13.5. The smallest absolute Gasteiger partial charge is 0.341 e. The van der Waals surface area contributed by atoms with E-state index in [1.807, 2.05) is 0 Å². The quantitative estimate of drug-likeness (QED) is 0.866. The van der Waals surface area contributed by atoms with Gasteiger partial charge in [-0.3, -0.25) is 0 Å². The highest BCUT2D eigenvalue weighted by molar-refractivity contribution is 6.30. The molecule has 0 spiro atoms. The number of halogens is 2. The summed E-state index contributed by atoms with van der Waals surface area (Å²) in [6, 6.07) is 4.66. The van der Waals surface area contributed by atoms with Crippen molar-refractivity contribution >= 4 is 17.6 Å². The number of rotatable bonds is 3. The van der Waals surface area contributed by atoms with Gasteiger partial charge in [0.05, 0.1) is 11.1 Å². The van der Waals surface area contributed by atoms with Gasteiger partial charge in [0.25, 0.3) is 0 Å². The van der Waals surface area contributed by atoms with Crippen molar-refractivity contribution in [1.82, 2.24) is 0 Å². The lowest BCUT2D eigenvalue weighted by molar-refractivity contribution is -0.139. The van der Waals surface area contributed by atoms with Gasteiger partial charge in [-0.05, 0) is 37.1 Å². The summed E-state index contributed by atoms with van der Waals surface area (Å²) in [6.45, 7) is -0.479. The molecule has 5 heteroatoms. The van der Waals surface area contributed by atoms with Crippen LogP contribution >= 0.6 is 11.6 Å². The Kier molecular flexibility index (Phi) is 5.02. The van der Waals surface area contributed by atoms with Gasteiger partial charge in [0.15, 0.2) is 6.61 Å². The minimum Gasteiger partial charge on any atom is -0.481 e. The number of hydrogen-bond donors (Lipinski definition) is 1. The minimum absolute atomic E-state index is 0.301. The molecule has 0 unspecified atom stereocenters. The van der Waals surface area contributed by atoms with Gasteiger partial charge in [-0.2, -0.15) is 0 Å². The van der Waals surface area contributed by atoms with Crippen molar-refractivity contribution < 1.29 is 19.0 Å². The average molecular weight is 307 g/mol. The summed E-state index contributed by atoms with van der Waals surface area (Å²) in [5.74, 6) is 4.37. The van der Waals surface area contributed by atoms with Crippen LogP contribution in [0.5, 0.6) is 5.75 Å². The Morgan fingerprint density at radius 1 is 1.33 bits per heavy atom. The number of benzene rings is 1. The van der Waals surface area contributed by atoms with E-state index >= 15 is 0 Å². The first kappa shape index (κ1) is 15.1. The summed E-state index contributed by atoms with van der Waals surface area (Å²) in [5.41, 5.74) is 0.744. The Balaban J connectivity index is 2.27. The van der Waals surface area contributed by atoms with Crippen LogP contribution in [0.2, 0.25) is 5.02 Å². The van der Waals surface area contributed by atoms with E-state index in [0.717, 1.165) is 6.42 Å². The highest BCUT2D eigenvalue weighted by atomic mass is 35.5. The summed E-state index contributed by atoms with van der Waals surface area (Å²) >= 11 is 5.89. The predicted molar refractivity (Wildman–Crippen MR) is 78.0 cm³/mol. The molecule has 0 saturated heterocycles. The molecule has 0 amide bonds. The second-order valence-electron chi connectivity index (χ2n) is 4.32. The number of aliphatic carboxylic acids is 1. The first-order valence-corrected chi connectivity index (χ1v) is 6.66. The van der Waals surface area contributed by atoms with Crippen molar-refractivity contribution in [2.45, 2.75) is 12.8 Å². The van der Waals surface area contributed by atoms with Gasteiger partial charge in [0.2, 0.25) is 0 Å². The van der Waals surface area contributed by atoms with Crippen LogP contribution in [0, 0.1) is 11.8 Å². The van der Waals surface area contributed by atoms with E-state index in [9.17, 15) is 9.18 Å². The molecule has 1 aromatic rings. The highest BCUT2D eigenvalue weighted by Crippen LogP contribution is 2.23. The van der Waals surface area contributed by atoms with Crippen molar-refractivity contribution in [1.29, 1.82) is 0 Å². The largest absolute Gasteiger partial charge is 0.481 e. The van der Waals surface area contributed by atoms with Gasteiger partial charge in [0, 0.05) is 5.02 Å². The molecule has 1 N–H and O–H groups in total. The molecule has 3 nitrogen and oxygen atoms in total. The first-order valence-electron chi connectivity index (χ1n) is 6.28. The van der Waals surface area contributed by atoms with Crippen molar-refractivity contribution in [2.24, 2.45) is 0 Å². The third-order valence-electron chi connectivity index (χ3n) is 2.72. The molecule has 0 aromatic heterocycles. The molecule has 1 aliphatic rings. The van der Waals surface area contributed by atoms with E-state index in [2.05, 4.69) is 11.8 Å².